The molecule has 0 spiro atoms. The smallest absolute Gasteiger partial charge is 0.0541 e. The summed E-state index contributed by atoms with van der Waals surface area (Å²) in [5, 5.41) is 7.47. The van der Waals surface area contributed by atoms with Crippen LogP contribution in [0.25, 0.3) is 49.0 Å². The lowest BCUT2D eigenvalue weighted by atomic mass is 10.1. The number of nitrogens with zero attached hydrogens (tertiary/aromatic N) is 2. The fourth-order valence-corrected chi connectivity index (χ4v) is 6.05. The summed E-state index contributed by atoms with van der Waals surface area (Å²) < 4.78 is 2.38. The summed E-state index contributed by atoms with van der Waals surface area (Å²) in [4.78, 5) is 2.37. The minimum absolute atomic E-state index is 1.12. The van der Waals surface area contributed by atoms with E-state index in [4.69, 9.17) is 0 Å². The molecule has 0 aliphatic heterocycles. The lowest BCUT2D eigenvalue weighted by molar-refractivity contribution is 1.17. The first-order valence-corrected chi connectivity index (χ1v) is 13.7. The van der Waals surface area contributed by atoms with Gasteiger partial charge in [0.15, 0.2) is 0 Å². The zero-order valence-electron chi connectivity index (χ0n) is 21.9. The van der Waals surface area contributed by atoms with Crippen molar-refractivity contribution in [2.45, 2.75) is 0 Å². The average molecular weight is 511 g/mol. The molecule has 0 radical (unpaired) electrons. The second kappa shape index (κ2) is 9.14. The maximum Gasteiger partial charge on any atom is 0.0541 e. The highest BCUT2D eigenvalue weighted by molar-refractivity contribution is 6.09. The summed E-state index contributed by atoms with van der Waals surface area (Å²) in [5.74, 6) is 0. The van der Waals surface area contributed by atoms with Crippen molar-refractivity contribution in [1.29, 1.82) is 0 Å². The van der Waals surface area contributed by atoms with Crippen LogP contribution in [-0.2, 0) is 0 Å². The Balaban J connectivity index is 1.37. The summed E-state index contributed by atoms with van der Waals surface area (Å²) in [5.41, 5.74) is 6.95. The van der Waals surface area contributed by atoms with Crippen LogP contribution in [0.3, 0.4) is 0 Å². The van der Waals surface area contributed by atoms with E-state index in [-0.39, 0.29) is 0 Å². The van der Waals surface area contributed by atoms with Crippen molar-refractivity contribution >= 4 is 60.4 Å². The van der Waals surface area contributed by atoms with Gasteiger partial charge in [0, 0.05) is 33.5 Å². The topological polar surface area (TPSA) is 8.17 Å². The van der Waals surface area contributed by atoms with Crippen LogP contribution in [0.5, 0.6) is 0 Å². The van der Waals surface area contributed by atoms with Gasteiger partial charge in [0.1, 0.15) is 0 Å². The molecule has 0 aliphatic carbocycles. The lowest BCUT2D eigenvalue weighted by Crippen LogP contribution is -2.10. The van der Waals surface area contributed by atoms with Crippen LogP contribution in [0, 0.1) is 0 Å². The van der Waals surface area contributed by atoms with Crippen LogP contribution in [0.2, 0.25) is 0 Å². The van der Waals surface area contributed by atoms with Gasteiger partial charge in [-0.3, -0.25) is 0 Å². The van der Waals surface area contributed by atoms with Crippen LogP contribution < -0.4 is 4.90 Å². The lowest BCUT2D eigenvalue weighted by Gasteiger charge is -2.27. The number of fused-ring (bicyclic) bond motifs is 5. The molecule has 0 amide bonds. The Morgan fingerprint density at radius 2 is 0.825 bits per heavy atom. The highest BCUT2D eigenvalue weighted by Gasteiger charge is 2.17. The van der Waals surface area contributed by atoms with E-state index in [2.05, 4.69) is 167 Å². The van der Waals surface area contributed by atoms with E-state index in [0.717, 1.165) is 22.7 Å². The molecule has 0 aliphatic rings. The van der Waals surface area contributed by atoms with Crippen LogP contribution in [-0.4, -0.2) is 4.57 Å². The van der Waals surface area contributed by atoms with Gasteiger partial charge >= 0.3 is 0 Å². The Kier molecular flexibility index (Phi) is 5.17. The Hall–Kier alpha value is -5.34. The van der Waals surface area contributed by atoms with Crippen LogP contribution in [0.15, 0.2) is 158 Å². The molecule has 0 N–H and O–H groups in total. The van der Waals surface area contributed by atoms with Gasteiger partial charge in [0.05, 0.1) is 11.0 Å². The zero-order valence-corrected chi connectivity index (χ0v) is 21.9. The van der Waals surface area contributed by atoms with Gasteiger partial charge in [-0.2, -0.15) is 0 Å². The van der Waals surface area contributed by atoms with Gasteiger partial charge in [0.25, 0.3) is 0 Å². The normalized spacial score (nSPS) is 11.5. The molecule has 0 bridgehead atoms. The maximum absolute atomic E-state index is 2.38. The van der Waals surface area contributed by atoms with Crippen molar-refractivity contribution in [3.8, 4) is 5.69 Å². The van der Waals surface area contributed by atoms with Crippen molar-refractivity contribution < 1.29 is 0 Å². The van der Waals surface area contributed by atoms with Crippen molar-refractivity contribution in [3.63, 3.8) is 0 Å². The number of para-hydroxylation sites is 2. The molecule has 0 atom stereocenters. The van der Waals surface area contributed by atoms with Crippen LogP contribution >= 0.6 is 0 Å². The highest BCUT2D eigenvalue weighted by Crippen LogP contribution is 2.39. The third kappa shape index (κ3) is 3.65. The molecular weight excluding hydrogens is 484 g/mol. The molecule has 188 valence electrons. The first-order valence-electron chi connectivity index (χ1n) is 13.7. The molecule has 2 nitrogen and oxygen atoms in total. The summed E-state index contributed by atoms with van der Waals surface area (Å²) >= 11 is 0. The first kappa shape index (κ1) is 22.6. The van der Waals surface area contributed by atoms with Crippen molar-refractivity contribution in [2.75, 3.05) is 4.90 Å². The van der Waals surface area contributed by atoms with Crippen molar-refractivity contribution in [1.82, 2.24) is 4.57 Å². The highest BCUT2D eigenvalue weighted by atomic mass is 15.1. The Morgan fingerprint density at radius 3 is 1.40 bits per heavy atom. The van der Waals surface area contributed by atoms with E-state index < -0.39 is 0 Å². The maximum atomic E-state index is 2.38. The third-order valence-electron chi connectivity index (χ3n) is 7.91. The van der Waals surface area contributed by atoms with Gasteiger partial charge < -0.3 is 9.47 Å². The zero-order chi connectivity index (χ0) is 26.5. The Bertz CT molecular complexity index is 2050. The number of benzene rings is 7. The molecule has 0 saturated heterocycles. The van der Waals surface area contributed by atoms with Gasteiger partial charge in [-0.1, -0.05) is 103 Å². The average Bonchev–Trinajstić information content (AvgIpc) is 3.36. The molecule has 40 heavy (non-hydrogen) atoms. The fraction of sp³-hybridized carbons (Fsp3) is 0. The van der Waals surface area contributed by atoms with E-state index >= 15 is 0 Å². The van der Waals surface area contributed by atoms with Gasteiger partial charge in [-0.05, 0) is 76.1 Å². The fourth-order valence-electron chi connectivity index (χ4n) is 6.05. The second-order valence-electron chi connectivity index (χ2n) is 10.3. The molecule has 0 unspecified atom stereocenters. The number of hydrogen-bond acceptors (Lipinski definition) is 1. The van der Waals surface area contributed by atoms with Gasteiger partial charge in [0.2, 0.25) is 0 Å². The third-order valence-corrected chi connectivity index (χ3v) is 7.91. The van der Waals surface area contributed by atoms with E-state index in [1.165, 1.54) is 43.4 Å². The summed E-state index contributed by atoms with van der Waals surface area (Å²) in [6, 6.07) is 56.8. The minimum Gasteiger partial charge on any atom is -0.310 e. The van der Waals surface area contributed by atoms with Gasteiger partial charge in [-0.15, -0.1) is 0 Å². The molecule has 1 aromatic heterocycles. The van der Waals surface area contributed by atoms with E-state index in [9.17, 15) is 0 Å². The van der Waals surface area contributed by atoms with E-state index in [0.29, 0.717) is 0 Å². The predicted molar refractivity (Wildman–Crippen MR) is 170 cm³/mol. The summed E-state index contributed by atoms with van der Waals surface area (Å²) in [7, 11) is 0. The number of hydrogen-bond donors (Lipinski definition) is 0. The first-order chi connectivity index (χ1) is 19.8. The van der Waals surface area contributed by atoms with Crippen molar-refractivity contribution in [2.24, 2.45) is 0 Å². The number of aromatic nitrogens is 1. The molecule has 0 fully saturated rings. The van der Waals surface area contributed by atoms with Crippen LogP contribution in [0.4, 0.5) is 17.1 Å². The van der Waals surface area contributed by atoms with Gasteiger partial charge in [-0.25, -0.2) is 0 Å². The monoisotopic (exact) mass is 510 g/mol. The number of rotatable bonds is 4. The quantitative estimate of drug-likeness (QED) is 0.229. The molecular formula is C38H26N2. The molecule has 2 heteroatoms. The molecule has 8 rings (SSSR count). The molecule has 8 aromatic rings. The van der Waals surface area contributed by atoms with Crippen LogP contribution in [0.1, 0.15) is 0 Å². The second-order valence-corrected chi connectivity index (χ2v) is 10.3. The SMILES string of the molecule is c1cc(N(c2ccc3ccccc3c2)c2ccc3ccccc3c2)cc(-n2c3ccccc3c3ccccc32)c1. The number of anilines is 3. The largest absolute Gasteiger partial charge is 0.310 e. The molecule has 0 saturated carbocycles. The predicted octanol–water partition coefficient (Wildman–Crippen LogP) is 10.6. The standard InChI is InChI=1S/C38H26N2/c1-3-12-29-24-33(22-20-27(29)10-1)39(34-23-21-28-11-2-4-13-30(28)25-34)31-14-9-15-32(26-31)40-37-18-7-5-16-35(37)36-17-6-8-19-38(36)40/h1-26H. The minimum atomic E-state index is 1.12. The summed E-state index contributed by atoms with van der Waals surface area (Å²) in [6.07, 6.45) is 0. The Labute approximate surface area is 233 Å². The van der Waals surface area contributed by atoms with E-state index in [1.807, 2.05) is 0 Å². The molecule has 7 aromatic carbocycles. The van der Waals surface area contributed by atoms with Crippen molar-refractivity contribution in [3.05, 3.63) is 158 Å². The van der Waals surface area contributed by atoms with E-state index in [1.54, 1.807) is 0 Å². The Morgan fingerprint density at radius 1 is 0.350 bits per heavy atom. The molecule has 1 heterocycles. The summed E-state index contributed by atoms with van der Waals surface area (Å²) in [6.45, 7) is 0.